The van der Waals surface area contributed by atoms with Crippen LogP contribution >= 0.6 is 0 Å². The lowest BCUT2D eigenvalue weighted by Gasteiger charge is -2.34. The van der Waals surface area contributed by atoms with Crippen molar-refractivity contribution < 1.29 is 4.79 Å². The smallest absolute Gasteiger partial charge is 0.245 e. The average Bonchev–Trinajstić information content (AvgIpc) is 3.05. The third-order valence-corrected chi connectivity index (χ3v) is 5.03. The summed E-state index contributed by atoms with van der Waals surface area (Å²) in [4.78, 5) is 12.9. The molecule has 7 nitrogen and oxygen atoms in total. The first-order chi connectivity index (χ1) is 12.1. The monoisotopic (exact) mass is 342 g/mol. The molecule has 2 N–H and O–H groups in total. The minimum atomic E-state index is -0.442. The SMILES string of the molecule is Cc1nnnn1C(Cc1ccccc1)C(=O)NCC1(C)CCNCC1. The highest BCUT2D eigenvalue weighted by atomic mass is 16.2. The number of carbonyl (C=O) groups excluding carboxylic acids is 1. The van der Waals surface area contributed by atoms with Crippen LogP contribution in [0.4, 0.5) is 0 Å². The molecule has 0 spiro atoms. The van der Waals surface area contributed by atoms with E-state index < -0.39 is 6.04 Å². The molecule has 0 aliphatic carbocycles. The number of nitrogens with zero attached hydrogens (tertiary/aromatic N) is 4. The second kappa shape index (κ2) is 7.74. The first-order valence-electron chi connectivity index (χ1n) is 8.84. The van der Waals surface area contributed by atoms with Gasteiger partial charge in [0.2, 0.25) is 5.91 Å². The summed E-state index contributed by atoms with van der Waals surface area (Å²) in [5.74, 6) is 0.614. The summed E-state index contributed by atoms with van der Waals surface area (Å²) in [5, 5.41) is 18.2. The molecule has 1 aliphatic heterocycles. The Morgan fingerprint density at radius 2 is 2.04 bits per heavy atom. The van der Waals surface area contributed by atoms with E-state index in [4.69, 9.17) is 0 Å². The van der Waals surface area contributed by atoms with Gasteiger partial charge in [0.1, 0.15) is 11.9 Å². The van der Waals surface area contributed by atoms with Gasteiger partial charge in [0.25, 0.3) is 0 Å². The van der Waals surface area contributed by atoms with Crippen LogP contribution < -0.4 is 10.6 Å². The molecule has 7 heteroatoms. The summed E-state index contributed by atoms with van der Waals surface area (Å²) in [5.41, 5.74) is 1.24. The van der Waals surface area contributed by atoms with Crippen LogP contribution in [0, 0.1) is 12.3 Å². The fourth-order valence-electron chi connectivity index (χ4n) is 3.28. The Morgan fingerprint density at radius 3 is 2.68 bits per heavy atom. The van der Waals surface area contributed by atoms with Gasteiger partial charge in [-0.25, -0.2) is 4.68 Å². The molecule has 2 aromatic rings. The number of carbonyl (C=O) groups is 1. The highest BCUT2D eigenvalue weighted by molar-refractivity contribution is 5.80. The molecule has 1 amide bonds. The molecule has 25 heavy (non-hydrogen) atoms. The van der Waals surface area contributed by atoms with Crippen LogP contribution in [0.5, 0.6) is 0 Å². The van der Waals surface area contributed by atoms with E-state index in [1.165, 1.54) is 0 Å². The average molecular weight is 342 g/mol. The number of hydrogen-bond donors (Lipinski definition) is 2. The number of nitrogens with one attached hydrogen (secondary N) is 2. The minimum absolute atomic E-state index is 0.0287. The Kier molecular flexibility index (Phi) is 5.43. The highest BCUT2D eigenvalue weighted by Gasteiger charge is 2.30. The molecule has 1 aromatic heterocycles. The van der Waals surface area contributed by atoms with E-state index in [1.807, 2.05) is 37.3 Å². The standard InChI is InChI=1S/C18H26N6O/c1-14-21-22-23-24(14)16(12-15-6-4-3-5-7-15)17(25)20-13-18(2)8-10-19-11-9-18/h3-7,16,19H,8-13H2,1-2H3,(H,20,25). The van der Waals surface area contributed by atoms with Crippen LogP contribution in [0.2, 0.25) is 0 Å². The van der Waals surface area contributed by atoms with E-state index in [2.05, 4.69) is 33.1 Å². The lowest BCUT2D eigenvalue weighted by Crippen LogP contribution is -2.45. The molecule has 2 heterocycles. The van der Waals surface area contributed by atoms with Crippen molar-refractivity contribution >= 4 is 5.91 Å². The number of aromatic nitrogens is 4. The zero-order chi connectivity index (χ0) is 17.7. The van der Waals surface area contributed by atoms with Gasteiger partial charge >= 0.3 is 0 Å². The molecule has 0 radical (unpaired) electrons. The van der Waals surface area contributed by atoms with Gasteiger partial charge in [0.05, 0.1) is 0 Å². The normalized spacial score (nSPS) is 17.8. The van der Waals surface area contributed by atoms with E-state index >= 15 is 0 Å². The van der Waals surface area contributed by atoms with Crippen molar-refractivity contribution in [1.82, 2.24) is 30.8 Å². The first-order valence-corrected chi connectivity index (χ1v) is 8.84. The van der Waals surface area contributed by atoms with Crippen LogP contribution in [0.3, 0.4) is 0 Å². The van der Waals surface area contributed by atoms with E-state index in [0.717, 1.165) is 31.5 Å². The zero-order valence-electron chi connectivity index (χ0n) is 14.9. The summed E-state index contributed by atoms with van der Waals surface area (Å²) in [6, 6.07) is 9.53. The molecule has 1 atom stereocenters. The fourth-order valence-corrected chi connectivity index (χ4v) is 3.28. The lowest BCUT2D eigenvalue weighted by atomic mass is 9.81. The van der Waals surface area contributed by atoms with Crippen molar-refractivity contribution in [2.45, 2.75) is 39.2 Å². The summed E-state index contributed by atoms with van der Waals surface area (Å²) in [7, 11) is 0. The van der Waals surface area contributed by atoms with E-state index in [0.29, 0.717) is 18.8 Å². The van der Waals surface area contributed by atoms with Gasteiger partial charge < -0.3 is 10.6 Å². The van der Waals surface area contributed by atoms with Gasteiger partial charge in [0, 0.05) is 13.0 Å². The van der Waals surface area contributed by atoms with Crippen molar-refractivity contribution in [2.75, 3.05) is 19.6 Å². The van der Waals surface area contributed by atoms with Gasteiger partial charge in [0.15, 0.2) is 0 Å². The second-order valence-electron chi connectivity index (χ2n) is 7.15. The van der Waals surface area contributed by atoms with Crippen molar-refractivity contribution in [3.63, 3.8) is 0 Å². The number of hydrogen-bond acceptors (Lipinski definition) is 5. The molecular weight excluding hydrogens is 316 g/mol. The van der Waals surface area contributed by atoms with Crippen molar-refractivity contribution in [2.24, 2.45) is 5.41 Å². The first kappa shape index (κ1) is 17.5. The predicted molar refractivity (Wildman–Crippen MR) is 95.0 cm³/mol. The number of amides is 1. The van der Waals surface area contributed by atoms with Crippen molar-refractivity contribution in [3.8, 4) is 0 Å². The van der Waals surface area contributed by atoms with Crippen molar-refractivity contribution in [1.29, 1.82) is 0 Å². The Labute approximate surface area is 148 Å². The summed E-state index contributed by atoms with van der Waals surface area (Å²) in [6.45, 7) is 6.75. The minimum Gasteiger partial charge on any atom is -0.354 e. The van der Waals surface area contributed by atoms with Gasteiger partial charge in [-0.15, -0.1) is 5.10 Å². The maximum absolute atomic E-state index is 12.9. The molecule has 1 saturated heterocycles. The van der Waals surface area contributed by atoms with Crippen LogP contribution in [0.15, 0.2) is 30.3 Å². The molecule has 0 saturated carbocycles. The molecule has 134 valence electrons. The summed E-state index contributed by atoms with van der Waals surface area (Å²) in [6.07, 6.45) is 2.71. The van der Waals surface area contributed by atoms with Crippen LogP contribution in [-0.2, 0) is 11.2 Å². The predicted octanol–water partition coefficient (Wildman–Crippen LogP) is 1.27. The molecule has 3 rings (SSSR count). The van der Waals surface area contributed by atoms with Crippen LogP contribution in [-0.4, -0.2) is 45.7 Å². The summed E-state index contributed by atoms with van der Waals surface area (Å²) < 4.78 is 1.62. The summed E-state index contributed by atoms with van der Waals surface area (Å²) >= 11 is 0. The van der Waals surface area contributed by atoms with Crippen LogP contribution in [0.25, 0.3) is 0 Å². The Bertz CT molecular complexity index is 693. The van der Waals surface area contributed by atoms with E-state index in [1.54, 1.807) is 4.68 Å². The third kappa shape index (κ3) is 4.42. The molecule has 1 fully saturated rings. The zero-order valence-corrected chi connectivity index (χ0v) is 14.9. The topological polar surface area (TPSA) is 84.7 Å². The number of benzene rings is 1. The largest absolute Gasteiger partial charge is 0.354 e. The van der Waals surface area contributed by atoms with E-state index in [-0.39, 0.29) is 11.3 Å². The molecule has 1 aliphatic rings. The van der Waals surface area contributed by atoms with Gasteiger partial charge in [-0.05, 0) is 54.3 Å². The molecule has 1 aromatic carbocycles. The molecular formula is C18H26N6O. The van der Waals surface area contributed by atoms with Gasteiger partial charge in [-0.3, -0.25) is 4.79 Å². The van der Waals surface area contributed by atoms with E-state index in [9.17, 15) is 4.79 Å². The lowest BCUT2D eigenvalue weighted by molar-refractivity contribution is -0.125. The Hall–Kier alpha value is -2.28. The number of piperidine rings is 1. The fraction of sp³-hybridized carbons (Fsp3) is 0.556. The Morgan fingerprint density at radius 1 is 1.32 bits per heavy atom. The number of aryl methyl sites for hydroxylation is 1. The molecule has 0 bridgehead atoms. The quantitative estimate of drug-likeness (QED) is 0.826. The highest BCUT2D eigenvalue weighted by Crippen LogP contribution is 2.27. The molecule has 1 unspecified atom stereocenters. The second-order valence-corrected chi connectivity index (χ2v) is 7.15. The van der Waals surface area contributed by atoms with Crippen LogP contribution in [0.1, 0.15) is 37.2 Å². The maximum Gasteiger partial charge on any atom is 0.245 e. The Balaban J connectivity index is 1.72. The maximum atomic E-state index is 12.9. The number of rotatable bonds is 6. The number of tetrazole rings is 1. The van der Waals surface area contributed by atoms with Gasteiger partial charge in [-0.1, -0.05) is 37.3 Å². The van der Waals surface area contributed by atoms with Crippen molar-refractivity contribution in [3.05, 3.63) is 41.7 Å². The third-order valence-electron chi connectivity index (χ3n) is 5.03. The van der Waals surface area contributed by atoms with Gasteiger partial charge in [-0.2, -0.15) is 0 Å².